The molecule has 0 spiro atoms. The summed E-state index contributed by atoms with van der Waals surface area (Å²) in [4.78, 5) is 2.49. The van der Waals surface area contributed by atoms with Crippen molar-refractivity contribution in [1.29, 1.82) is 0 Å². The average molecular weight is 312 g/mol. The molecule has 1 aromatic rings. The molecule has 21 heavy (non-hydrogen) atoms. The molecular formula is C17H26ClNO2. The second-order valence-corrected chi connectivity index (χ2v) is 5.89. The summed E-state index contributed by atoms with van der Waals surface area (Å²) < 4.78 is 11.5. The highest BCUT2D eigenvalue weighted by Crippen LogP contribution is 2.26. The predicted octanol–water partition coefficient (Wildman–Crippen LogP) is 3.81. The number of hydrogen-bond donors (Lipinski definition) is 0. The first-order valence-electron chi connectivity index (χ1n) is 7.96. The number of hydrogen-bond acceptors (Lipinski definition) is 3. The van der Waals surface area contributed by atoms with Crippen molar-refractivity contribution in [1.82, 2.24) is 4.90 Å². The lowest BCUT2D eigenvalue weighted by Gasteiger charge is -2.32. The monoisotopic (exact) mass is 311 g/mol. The highest BCUT2D eigenvalue weighted by molar-refractivity contribution is 6.17. The fraction of sp³-hybridized carbons (Fsp3) is 0.647. The zero-order valence-electron chi connectivity index (χ0n) is 12.9. The Morgan fingerprint density at radius 2 is 2.00 bits per heavy atom. The molecule has 1 aliphatic heterocycles. The summed E-state index contributed by atoms with van der Waals surface area (Å²) >= 11 is 5.86. The maximum atomic E-state index is 5.89. The molecule has 0 N–H and O–H groups in total. The average Bonchev–Trinajstić information content (AvgIpc) is 2.50. The van der Waals surface area contributed by atoms with E-state index in [4.69, 9.17) is 21.1 Å². The molecule has 1 aromatic carbocycles. The van der Waals surface area contributed by atoms with E-state index in [1.807, 2.05) is 31.2 Å². The van der Waals surface area contributed by atoms with Gasteiger partial charge in [0.15, 0.2) is 11.5 Å². The third-order valence-corrected chi connectivity index (χ3v) is 4.15. The van der Waals surface area contributed by atoms with Crippen LogP contribution in [0.4, 0.5) is 0 Å². The second-order valence-electron chi connectivity index (χ2n) is 5.51. The number of piperidine rings is 1. The normalized spacial score (nSPS) is 19.4. The van der Waals surface area contributed by atoms with Gasteiger partial charge in [-0.25, -0.2) is 0 Å². The summed E-state index contributed by atoms with van der Waals surface area (Å²) in [5.41, 5.74) is 0. The van der Waals surface area contributed by atoms with Crippen LogP contribution in [-0.4, -0.2) is 43.6 Å². The van der Waals surface area contributed by atoms with Crippen LogP contribution >= 0.6 is 11.6 Å². The molecule has 1 unspecified atom stereocenters. The Morgan fingerprint density at radius 3 is 2.71 bits per heavy atom. The van der Waals surface area contributed by atoms with Crippen LogP contribution in [0.1, 0.15) is 26.2 Å². The van der Waals surface area contributed by atoms with Crippen molar-refractivity contribution >= 4 is 11.6 Å². The maximum absolute atomic E-state index is 5.89. The molecule has 1 atom stereocenters. The minimum atomic E-state index is 0.659. The van der Waals surface area contributed by atoms with Crippen LogP contribution in [0, 0.1) is 5.92 Å². The van der Waals surface area contributed by atoms with Gasteiger partial charge >= 0.3 is 0 Å². The van der Waals surface area contributed by atoms with Crippen molar-refractivity contribution in [2.75, 3.05) is 38.7 Å². The van der Waals surface area contributed by atoms with Crippen LogP contribution in [0.3, 0.4) is 0 Å². The molecule has 1 aliphatic rings. The van der Waals surface area contributed by atoms with Crippen LogP contribution in [0.15, 0.2) is 24.3 Å². The van der Waals surface area contributed by atoms with Gasteiger partial charge in [-0.1, -0.05) is 12.1 Å². The van der Waals surface area contributed by atoms with Gasteiger partial charge in [0.2, 0.25) is 0 Å². The minimum absolute atomic E-state index is 0.659. The Kier molecular flexibility index (Phi) is 7.17. The lowest BCUT2D eigenvalue weighted by molar-refractivity contribution is 0.143. The Bertz CT molecular complexity index is 412. The van der Waals surface area contributed by atoms with Crippen LogP contribution in [-0.2, 0) is 0 Å². The molecule has 4 heteroatoms. The van der Waals surface area contributed by atoms with Crippen molar-refractivity contribution in [3.05, 3.63) is 24.3 Å². The largest absolute Gasteiger partial charge is 0.490 e. The van der Waals surface area contributed by atoms with Gasteiger partial charge in [0.25, 0.3) is 0 Å². The molecule has 0 radical (unpaired) electrons. The molecule has 3 nitrogen and oxygen atoms in total. The number of likely N-dealkylation sites (tertiary alicyclic amines) is 1. The van der Waals surface area contributed by atoms with Gasteiger partial charge in [0.1, 0.15) is 6.61 Å². The Morgan fingerprint density at radius 1 is 1.24 bits per heavy atom. The summed E-state index contributed by atoms with van der Waals surface area (Å²) in [6, 6.07) is 7.88. The standard InChI is InChI=1S/C17H26ClNO2/c1-2-20-16-7-3-4-8-17(16)21-13-12-19-11-5-6-15(14-19)9-10-18/h3-4,7-8,15H,2,5-6,9-14H2,1H3. The van der Waals surface area contributed by atoms with Crippen molar-refractivity contribution in [3.8, 4) is 11.5 Å². The molecule has 1 fully saturated rings. The third-order valence-electron chi connectivity index (χ3n) is 3.93. The van der Waals surface area contributed by atoms with E-state index < -0.39 is 0 Å². The summed E-state index contributed by atoms with van der Waals surface area (Å²) in [6.45, 7) is 6.66. The Balaban J connectivity index is 1.76. The molecule has 0 aromatic heterocycles. The van der Waals surface area contributed by atoms with Gasteiger partial charge in [-0.3, -0.25) is 4.90 Å². The highest BCUT2D eigenvalue weighted by Gasteiger charge is 2.19. The number of halogens is 1. The molecule has 1 saturated heterocycles. The fourth-order valence-electron chi connectivity index (χ4n) is 2.87. The highest BCUT2D eigenvalue weighted by atomic mass is 35.5. The van der Waals surface area contributed by atoms with E-state index in [0.29, 0.717) is 13.2 Å². The zero-order chi connectivity index (χ0) is 14.9. The van der Waals surface area contributed by atoms with Crippen molar-refractivity contribution in [2.24, 2.45) is 5.92 Å². The molecule has 0 bridgehead atoms. The quantitative estimate of drug-likeness (QED) is 0.682. The lowest BCUT2D eigenvalue weighted by Crippen LogP contribution is -2.38. The summed E-state index contributed by atoms with van der Waals surface area (Å²) in [6.07, 6.45) is 3.72. The summed E-state index contributed by atoms with van der Waals surface area (Å²) in [5.74, 6) is 3.20. The van der Waals surface area contributed by atoms with Crippen LogP contribution in [0.2, 0.25) is 0 Å². The molecule has 118 valence electrons. The first-order chi connectivity index (χ1) is 10.3. The fourth-order valence-corrected chi connectivity index (χ4v) is 3.18. The first-order valence-corrected chi connectivity index (χ1v) is 8.50. The van der Waals surface area contributed by atoms with Crippen molar-refractivity contribution in [2.45, 2.75) is 26.2 Å². The maximum Gasteiger partial charge on any atom is 0.161 e. The van der Waals surface area contributed by atoms with Crippen molar-refractivity contribution in [3.63, 3.8) is 0 Å². The first kappa shape index (κ1) is 16.4. The van der Waals surface area contributed by atoms with E-state index in [9.17, 15) is 0 Å². The van der Waals surface area contributed by atoms with Gasteiger partial charge in [-0.15, -0.1) is 11.6 Å². The van der Waals surface area contributed by atoms with Gasteiger partial charge in [0.05, 0.1) is 6.61 Å². The predicted molar refractivity (Wildman–Crippen MR) is 87.6 cm³/mol. The summed E-state index contributed by atoms with van der Waals surface area (Å²) in [7, 11) is 0. The third kappa shape index (κ3) is 5.40. The van der Waals surface area contributed by atoms with E-state index in [1.54, 1.807) is 0 Å². The van der Waals surface area contributed by atoms with Gasteiger partial charge in [-0.05, 0) is 50.8 Å². The van der Waals surface area contributed by atoms with E-state index >= 15 is 0 Å². The smallest absolute Gasteiger partial charge is 0.161 e. The van der Waals surface area contributed by atoms with Crippen LogP contribution in [0.25, 0.3) is 0 Å². The molecule has 0 saturated carbocycles. The Hall–Kier alpha value is -0.930. The van der Waals surface area contributed by atoms with E-state index in [1.165, 1.54) is 19.4 Å². The molecule has 1 heterocycles. The Labute approximate surface area is 133 Å². The van der Waals surface area contributed by atoms with E-state index in [-0.39, 0.29) is 0 Å². The lowest BCUT2D eigenvalue weighted by atomic mass is 9.96. The van der Waals surface area contributed by atoms with Gasteiger partial charge in [-0.2, -0.15) is 0 Å². The van der Waals surface area contributed by atoms with E-state index in [0.717, 1.165) is 42.8 Å². The van der Waals surface area contributed by atoms with Crippen LogP contribution in [0.5, 0.6) is 11.5 Å². The minimum Gasteiger partial charge on any atom is -0.490 e. The second kappa shape index (κ2) is 9.16. The molecular weight excluding hydrogens is 286 g/mol. The van der Waals surface area contributed by atoms with Gasteiger partial charge in [0, 0.05) is 19.0 Å². The SMILES string of the molecule is CCOc1ccccc1OCCN1CCCC(CCCl)C1. The van der Waals surface area contributed by atoms with Crippen molar-refractivity contribution < 1.29 is 9.47 Å². The molecule has 2 rings (SSSR count). The molecule has 0 aliphatic carbocycles. The number of nitrogens with zero attached hydrogens (tertiary/aromatic N) is 1. The topological polar surface area (TPSA) is 21.7 Å². The number of benzene rings is 1. The number of alkyl halides is 1. The van der Waals surface area contributed by atoms with Crippen LogP contribution < -0.4 is 9.47 Å². The number of ether oxygens (including phenoxy) is 2. The number of para-hydroxylation sites is 2. The van der Waals surface area contributed by atoms with E-state index in [2.05, 4.69) is 4.90 Å². The zero-order valence-corrected chi connectivity index (χ0v) is 13.6. The molecule has 0 amide bonds. The number of rotatable bonds is 8. The summed E-state index contributed by atoms with van der Waals surface area (Å²) in [5, 5.41) is 0. The van der Waals surface area contributed by atoms with Gasteiger partial charge < -0.3 is 9.47 Å².